The first-order valence-corrected chi connectivity index (χ1v) is 17.3. The number of carbonyl (C=O) groups is 1. The molecule has 0 aliphatic rings. The number of carbonyl (C=O) groups excluding carboxylic acids is 1. The van der Waals surface area contributed by atoms with Crippen LogP contribution in [-0.4, -0.2) is 56.4 Å². The maximum Gasteiger partial charge on any atom is 0.320 e. The molecule has 2 aromatic carbocycles. The second kappa shape index (κ2) is 28.8. The number of nitrogens with two attached hydrogens (primary N) is 1. The molecular weight excluding hydrogens is 594 g/mol. The SMILES string of the molecule is C=C/C=C\C(=C/C)CCN(C(=O)N(CC)Cc1ccc2[nH]nc(N)c2c1)C(Cc1ccccc1)C(C)O.C=CC.C=CCC.CC.CC. The number of nitrogen functional groups attached to an aromatic ring is 1. The van der Waals surface area contributed by atoms with Crippen LogP contribution >= 0.6 is 0 Å². The molecule has 0 aliphatic carbocycles. The highest BCUT2D eigenvalue weighted by molar-refractivity contribution is 5.89. The van der Waals surface area contributed by atoms with Gasteiger partial charge in [-0.05, 0) is 70.2 Å². The van der Waals surface area contributed by atoms with Crippen molar-refractivity contribution in [3.05, 3.63) is 121 Å². The van der Waals surface area contributed by atoms with Gasteiger partial charge in [-0.1, -0.05) is 120 Å². The molecular formula is C41H65N5O2. The number of fused-ring (bicyclic) bond motifs is 1. The van der Waals surface area contributed by atoms with Crippen molar-refractivity contribution >= 4 is 22.8 Å². The zero-order valence-corrected chi connectivity index (χ0v) is 31.4. The summed E-state index contributed by atoms with van der Waals surface area (Å²) in [6, 6.07) is 15.4. The second-order valence-electron chi connectivity index (χ2n) is 10.3. The van der Waals surface area contributed by atoms with Crippen LogP contribution in [0.4, 0.5) is 10.6 Å². The predicted octanol–water partition coefficient (Wildman–Crippen LogP) is 10.3. The van der Waals surface area contributed by atoms with Crippen LogP contribution in [0.25, 0.3) is 10.9 Å². The van der Waals surface area contributed by atoms with E-state index in [4.69, 9.17) is 5.73 Å². The zero-order chi connectivity index (χ0) is 36.9. The summed E-state index contributed by atoms with van der Waals surface area (Å²) in [6.07, 6.45) is 12.9. The number of nitrogens with one attached hydrogen (secondary N) is 1. The van der Waals surface area contributed by atoms with Gasteiger partial charge in [0.25, 0.3) is 0 Å². The number of benzene rings is 2. The Morgan fingerprint density at radius 1 is 1.02 bits per heavy atom. The number of allylic oxidation sites excluding steroid dienone is 6. The van der Waals surface area contributed by atoms with Crippen molar-refractivity contribution in [2.45, 2.75) is 100 Å². The lowest BCUT2D eigenvalue weighted by Gasteiger charge is -2.38. The van der Waals surface area contributed by atoms with E-state index in [2.05, 4.69) is 36.9 Å². The number of aliphatic hydroxyl groups is 1. The largest absolute Gasteiger partial charge is 0.391 e. The fraction of sp³-hybridized carbons (Fsp3) is 0.415. The zero-order valence-electron chi connectivity index (χ0n) is 31.4. The quantitative estimate of drug-likeness (QED) is 0.126. The highest BCUT2D eigenvalue weighted by Gasteiger charge is 2.30. The summed E-state index contributed by atoms with van der Waals surface area (Å²) < 4.78 is 0. The Morgan fingerprint density at radius 2 is 1.62 bits per heavy atom. The van der Waals surface area contributed by atoms with Gasteiger partial charge < -0.3 is 20.6 Å². The number of hydrogen-bond donors (Lipinski definition) is 3. The van der Waals surface area contributed by atoms with Gasteiger partial charge in [0.15, 0.2) is 5.82 Å². The van der Waals surface area contributed by atoms with E-state index in [0.29, 0.717) is 38.3 Å². The van der Waals surface area contributed by atoms with Gasteiger partial charge in [0.05, 0.1) is 17.7 Å². The van der Waals surface area contributed by atoms with Crippen molar-refractivity contribution in [2.24, 2.45) is 0 Å². The number of amides is 2. The Morgan fingerprint density at radius 3 is 2.12 bits per heavy atom. The van der Waals surface area contributed by atoms with Gasteiger partial charge in [0, 0.05) is 25.0 Å². The minimum atomic E-state index is -0.706. The van der Waals surface area contributed by atoms with Gasteiger partial charge in [-0.2, -0.15) is 5.10 Å². The molecule has 0 radical (unpaired) electrons. The molecule has 48 heavy (non-hydrogen) atoms. The van der Waals surface area contributed by atoms with Crippen LogP contribution in [0.2, 0.25) is 0 Å². The second-order valence-corrected chi connectivity index (χ2v) is 10.3. The summed E-state index contributed by atoms with van der Waals surface area (Å²) in [5.74, 6) is 0.441. The highest BCUT2D eigenvalue weighted by atomic mass is 16.3. The van der Waals surface area contributed by atoms with Gasteiger partial charge in [0.2, 0.25) is 0 Å². The average molecular weight is 660 g/mol. The molecule has 2 atom stereocenters. The summed E-state index contributed by atoms with van der Waals surface area (Å²) in [5, 5.41) is 18.7. The number of aromatic amines is 1. The van der Waals surface area contributed by atoms with Crippen LogP contribution < -0.4 is 5.73 Å². The summed E-state index contributed by atoms with van der Waals surface area (Å²) >= 11 is 0. The predicted molar refractivity (Wildman–Crippen MR) is 211 cm³/mol. The minimum Gasteiger partial charge on any atom is -0.391 e. The Hall–Kier alpha value is -4.36. The molecule has 0 aliphatic heterocycles. The number of nitrogens with zero attached hydrogens (tertiary/aromatic N) is 3. The molecule has 2 unspecified atom stereocenters. The third-order valence-corrected chi connectivity index (χ3v) is 6.92. The number of aliphatic hydroxyl groups excluding tert-OH is 1. The molecule has 7 nitrogen and oxygen atoms in total. The van der Waals surface area contributed by atoms with Crippen molar-refractivity contribution < 1.29 is 9.90 Å². The number of rotatable bonds is 13. The Bertz CT molecular complexity index is 1340. The molecule has 0 fully saturated rings. The van der Waals surface area contributed by atoms with Crippen molar-refractivity contribution in [3.8, 4) is 0 Å². The van der Waals surface area contributed by atoms with Gasteiger partial charge >= 0.3 is 6.03 Å². The van der Waals surface area contributed by atoms with Gasteiger partial charge in [-0.25, -0.2) is 4.79 Å². The molecule has 2 amide bonds. The molecule has 3 aromatic rings. The van der Waals surface area contributed by atoms with E-state index in [0.717, 1.165) is 34.0 Å². The molecule has 266 valence electrons. The molecule has 4 N–H and O–H groups in total. The van der Waals surface area contributed by atoms with Gasteiger partial charge in [-0.3, -0.25) is 5.10 Å². The average Bonchev–Trinajstić information content (AvgIpc) is 3.49. The van der Waals surface area contributed by atoms with Gasteiger partial charge in [0.1, 0.15) is 0 Å². The molecule has 7 heteroatoms. The lowest BCUT2D eigenvalue weighted by molar-refractivity contribution is 0.0630. The third-order valence-electron chi connectivity index (χ3n) is 6.92. The number of anilines is 1. The van der Waals surface area contributed by atoms with E-state index in [9.17, 15) is 9.90 Å². The number of hydrogen-bond acceptors (Lipinski definition) is 4. The molecule has 0 bridgehead atoms. The van der Waals surface area contributed by atoms with E-state index in [1.165, 1.54) is 0 Å². The van der Waals surface area contributed by atoms with Crippen LogP contribution in [0.5, 0.6) is 0 Å². The highest BCUT2D eigenvalue weighted by Crippen LogP contribution is 2.22. The maximum atomic E-state index is 14.1. The standard InChI is InChI=1S/C30H39N5O2.C4H8.C3H6.2C2H6/c1-5-8-12-23(6-2)17-18-35(28(22(4)36)20-24-13-10-9-11-14-24)30(37)34(7-3)21-25-15-16-27-26(19-25)29(31)33-32-27;1-3-4-2;1-3-2;2*1-2/h5-6,8-16,19,22,28,36H,1,7,17-18,20-21H2,2-4H3,(H3,31,32,33);3H,1,4H2,2H3;3H,1H2,2H3;2*1-2H3/b12-8-,23-6+;;;;. The first kappa shape index (κ1) is 45.8. The lowest BCUT2D eigenvalue weighted by atomic mass is 9.99. The molecule has 1 aromatic heterocycles. The summed E-state index contributed by atoms with van der Waals surface area (Å²) in [5.41, 5.74) is 10.0. The summed E-state index contributed by atoms with van der Waals surface area (Å²) in [4.78, 5) is 17.7. The molecule has 0 saturated carbocycles. The topological polar surface area (TPSA) is 98.5 Å². The number of H-pyrrole nitrogens is 1. The monoisotopic (exact) mass is 660 g/mol. The van der Waals surface area contributed by atoms with Crippen molar-refractivity contribution in [2.75, 3.05) is 18.8 Å². The van der Waals surface area contributed by atoms with E-state index in [-0.39, 0.29) is 12.1 Å². The van der Waals surface area contributed by atoms with Crippen LogP contribution in [-0.2, 0) is 13.0 Å². The summed E-state index contributed by atoms with van der Waals surface area (Å²) in [6.45, 7) is 29.7. The van der Waals surface area contributed by atoms with Crippen LogP contribution in [0.1, 0.15) is 86.3 Å². The fourth-order valence-electron chi connectivity index (χ4n) is 4.46. The maximum absolute atomic E-state index is 14.1. The van der Waals surface area contributed by atoms with Gasteiger partial charge in [-0.15, -0.1) is 13.2 Å². The normalized spacial score (nSPS) is 11.5. The summed E-state index contributed by atoms with van der Waals surface area (Å²) in [7, 11) is 0. The van der Waals surface area contributed by atoms with Crippen LogP contribution in [0.15, 0.2) is 110 Å². The Balaban J connectivity index is 0. The first-order valence-electron chi connectivity index (χ1n) is 17.3. The van der Waals surface area contributed by atoms with Crippen molar-refractivity contribution in [1.29, 1.82) is 0 Å². The lowest BCUT2D eigenvalue weighted by Crippen LogP contribution is -2.52. The number of aromatic nitrogens is 2. The van der Waals surface area contributed by atoms with Crippen LogP contribution in [0, 0.1) is 0 Å². The Kier molecular flexibility index (Phi) is 27.5. The smallest absolute Gasteiger partial charge is 0.320 e. The van der Waals surface area contributed by atoms with Crippen LogP contribution in [0.3, 0.4) is 0 Å². The van der Waals surface area contributed by atoms with Crippen molar-refractivity contribution in [1.82, 2.24) is 20.0 Å². The van der Waals surface area contributed by atoms with E-state index in [1.807, 2.05) is 131 Å². The molecule has 1 heterocycles. The van der Waals surface area contributed by atoms with E-state index < -0.39 is 6.10 Å². The van der Waals surface area contributed by atoms with E-state index in [1.54, 1.807) is 19.1 Å². The molecule has 0 spiro atoms. The van der Waals surface area contributed by atoms with E-state index >= 15 is 0 Å². The van der Waals surface area contributed by atoms with Crippen molar-refractivity contribution in [3.63, 3.8) is 0 Å². The first-order chi connectivity index (χ1) is 23.2. The molecule has 3 rings (SSSR count). The number of urea groups is 1. The third kappa shape index (κ3) is 17.0. The fourth-order valence-corrected chi connectivity index (χ4v) is 4.46. The molecule has 0 saturated heterocycles. The Labute approximate surface area is 292 Å². The minimum absolute atomic E-state index is 0.104.